The van der Waals surface area contributed by atoms with E-state index in [0.717, 1.165) is 28.4 Å². The lowest BCUT2D eigenvalue weighted by Gasteiger charge is -2.27. The van der Waals surface area contributed by atoms with Crippen LogP contribution in [0.4, 0.5) is 0 Å². The van der Waals surface area contributed by atoms with Crippen LogP contribution in [-0.4, -0.2) is 32.0 Å². The summed E-state index contributed by atoms with van der Waals surface area (Å²) in [6, 6.07) is 8.68. The predicted molar refractivity (Wildman–Crippen MR) is 96.3 cm³/mol. The molecule has 4 nitrogen and oxygen atoms in total. The van der Waals surface area contributed by atoms with Gasteiger partial charge in [-0.15, -0.1) is 11.3 Å². The van der Waals surface area contributed by atoms with Crippen molar-refractivity contribution >= 4 is 38.7 Å². The minimum atomic E-state index is -3.18. The molecule has 0 atom stereocenters. The van der Waals surface area contributed by atoms with E-state index in [-0.39, 0.29) is 5.91 Å². The van der Waals surface area contributed by atoms with Gasteiger partial charge in [0, 0.05) is 30.6 Å². The minimum absolute atomic E-state index is 0.121. The van der Waals surface area contributed by atoms with Gasteiger partial charge in [0.25, 0.3) is 0 Å². The predicted octanol–water partition coefficient (Wildman–Crippen LogP) is 3.32. The van der Waals surface area contributed by atoms with Crippen molar-refractivity contribution in [2.45, 2.75) is 30.7 Å². The Morgan fingerprint density at radius 1 is 1.29 bits per heavy atom. The van der Waals surface area contributed by atoms with Crippen molar-refractivity contribution < 1.29 is 13.2 Å². The molecule has 2 heterocycles. The topological polar surface area (TPSA) is 54.5 Å². The molecule has 1 aromatic carbocycles. The highest BCUT2D eigenvalue weighted by molar-refractivity contribution is 7.90. The van der Waals surface area contributed by atoms with Crippen molar-refractivity contribution in [1.29, 1.82) is 0 Å². The molecule has 1 amide bonds. The summed E-state index contributed by atoms with van der Waals surface area (Å²) in [5.74, 6) is 0.121. The van der Waals surface area contributed by atoms with Crippen LogP contribution in [0.3, 0.4) is 0 Å². The third-order valence-corrected chi connectivity index (χ3v) is 6.66. The molecule has 1 aliphatic heterocycles. The first-order chi connectivity index (χ1) is 11.3. The van der Waals surface area contributed by atoms with Crippen LogP contribution >= 0.6 is 22.9 Å². The number of nitrogens with zero attached hydrogens (tertiary/aromatic N) is 1. The van der Waals surface area contributed by atoms with E-state index < -0.39 is 9.84 Å². The Labute approximate surface area is 151 Å². The highest BCUT2D eigenvalue weighted by atomic mass is 35.5. The Hall–Kier alpha value is -1.37. The number of thiophene rings is 1. The van der Waals surface area contributed by atoms with E-state index in [1.54, 1.807) is 35.6 Å². The van der Waals surface area contributed by atoms with Gasteiger partial charge in [-0.05, 0) is 42.2 Å². The van der Waals surface area contributed by atoms with Gasteiger partial charge >= 0.3 is 0 Å². The van der Waals surface area contributed by atoms with E-state index in [0.29, 0.717) is 24.3 Å². The van der Waals surface area contributed by atoms with Gasteiger partial charge in [-0.2, -0.15) is 0 Å². The number of fused-ring (bicyclic) bond motifs is 1. The van der Waals surface area contributed by atoms with Crippen LogP contribution in [0.25, 0.3) is 0 Å². The molecule has 2 aromatic rings. The highest BCUT2D eigenvalue weighted by Gasteiger charge is 2.22. The number of carbonyl (C=O) groups is 1. The Bertz CT molecular complexity index is 856. The van der Waals surface area contributed by atoms with Crippen molar-refractivity contribution in [1.82, 2.24) is 4.90 Å². The van der Waals surface area contributed by atoms with Crippen LogP contribution in [0.1, 0.15) is 22.4 Å². The number of aryl methyl sites for hydroxylation is 1. The second kappa shape index (κ2) is 6.86. The molecule has 3 rings (SSSR count). The maximum atomic E-state index is 12.4. The number of halogens is 1. The Morgan fingerprint density at radius 3 is 2.67 bits per heavy atom. The average Bonchev–Trinajstić information content (AvgIpc) is 2.91. The molecule has 7 heteroatoms. The van der Waals surface area contributed by atoms with Crippen LogP contribution in [-0.2, 0) is 34.0 Å². The van der Waals surface area contributed by atoms with Crippen LogP contribution < -0.4 is 0 Å². The zero-order chi connectivity index (χ0) is 17.3. The molecule has 0 spiro atoms. The third-order valence-electron chi connectivity index (χ3n) is 4.17. The molecule has 24 heavy (non-hydrogen) atoms. The fourth-order valence-electron chi connectivity index (χ4n) is 2.82. The monoisotopic (exact) mass is 383 g/mol. The van der Waals surface area contributed by atoms with Crippen molar-refractivity contribution in [2.24, 2.45) is 0 Å². The summed E-state index contributed by atoms with van der Waals surface area (Å²) in [5, 5.41) is 0. The SMILES string of the molecule is CS(=O)(=O)c1ccc(CCC(=O)N2CCc3sc(Cl)cc3C2)cc1. The molecular formula is C17H18ClNO3S2. The zero-order valence-corrected chi connectivity index (χ0v) is 15.7. The molecule has 0 saturated heterocycles. The van der Waals surface area contributed by atoms with Gasteiger partial charge in [-0.25, -0.2) is 8.42 Å². The Balaban J connectivity index is 1.58. The summed E-state index contributed by atoms with van der Waals surface area (Å²) in [6.07, 6.45) is 3.08. The molecule has 128 valence electrons. The first kappa shape index (κ1) is 17.5. The standard InChI is InChI=1S/C17H18ClNO3S2/c1-24(21,22)14-5-2-12(3-6-14)4-7-17(20)19-9-8-15-13(11-19)10-16(18)23-15/h2-3,5-6,10H,4,7-9,11H2,1H3. The summed E-state index contributed by atoms with van der Waals surface area (Å²) >= 11 is 7.63. The molecule has 1 aromatic heterocycles. The van der Waals surface area contributed by atoms with Crippen LogP contribution in [0.5, 0.6) is 0 Å². The third kappa shape index (κ3) is 3.99. The molecule has 0 saturated carbocycles. The van der Waals surface area contributed by atoms with Crippen LogP contribution in [0.15, 0.2) is 35.2 Å². The number of hydrogen-bond donors (Lipinski definition) is 0. The summed E-state index contributed by atoms with van der Waals surface area (Å²) < 4.78 is 23.7. The maximum Gasteiger partial charge on any atom is 0.223 e. The molecule has 0 fully saturated rings. The maximum absolute atomic E-state index is 12.4. The number of benzene rings is 1. The number of carbonyl (C=O) groups excluding carboxylic acids is 1. The van der Waals surface area contributed by atoms with Gasteiger partial charge < -0.3 is 4.90 Å². The molecule has 0 bridgehead atoms. The molecule has 0 unspecified atom stereocenters. The van der Waals surface area contributed by atoms with E-state index in [4.69, 9.17) is 11.6 Å². The van der Waals surface area contributed by atoms with Gasteiger partial charge in [-0.1, -0.05) is 23.7 Å². The summed E-state index contributed by atoms with van der Waals surface area (Å²) in [7, 11) is -3.18. The largest absolute Gasteiger partial charge is 0.338 e. The average molecular weight is 384 g/mol. The lowest BCUT2D eigenvalue weighted by molar-refractivity contribution is -0.132. The molecule has 0 aliphatic carbocycles. The van der Waals surface area contributed by atoms with E-state index >= 15 is 0 Å². The summed E-state index contributed by atoms with van der Waals surface area (Å²) in [6.45, 7) is 1.36. The molecule has 0 N–H and O–H groups in total. The van der Waals surface area contributed by atoms with Crippen molar-refractivity contribution in [3.05, 3.63) is 50.7 Å². The molecule has 1 aliphatic rings. The van der Waals surface area contributed by atoms with E-state index in [2.05, 4.69) is 0 Å². The smallest absolute Gasteiger partial charge is 0.223 e. The first-order valence-corrected chi connectivity index (χ1v) is 10.8. The van der Waals surface area contributed by atoms with E-state index in [1.807, 2.05) is 11.0 Å². The summed E-state index contributed by atoms with van der Waals surface area (Å²) in [4.78, 5) is 15.9. The lowest BCUT2D eigenvalue weighted by atomic mass is 10.1. The van der Waals surface area contributed by atoms with Crippen molar-refractivity contribution in [2.75, 3.05) is 12.8 Å². The normalized spacial score (nSPS) is 14.5. The second-order valence-electron chi connectivity index (χ2n) is 5.98. The number of sulfone groups is 1. The van der Waals surface area contributed by atoms with Crippen molar-refractivity contribution in [3.63, 3.8) is 0 Å². The summed E-state index contributed by atoms with van der Waals surface area (Å²) in [5.41, 5.74) is 2.12. The second-order valence-corrected chi connectivity index (χ2v) is 9.76. The van der Waals surface area contributed by atoms with Gasteiger partial charge in [0.1, 0.15) is 0 Å². The van der Waals surface area contributed by atoms with Crippen LogP contribution in [0.2, 0.25) is 4.34 Å². The quantitative estimate of drug-likeness (QED) is 0.813. The number of rotatable bonds is 4. The minimum Gasteiger partial charge on any atom is -0.338 e. The van der Waals surface area contributed by atoms with E-state index in [1.165, 1.54) is 11.1 Å². The number of hydrogen-bond acceptors (Lipinski definition) is 4. The highest BCUT2D eigenvalue weighted by Crippen LogP contribution is 2.31. The number of amides is 1. The van der Waals surface area contributed by atoms with Gasteiger partial charge in [0.2, 0.25) is 5.91 Å². The fraction of sp³-hybridized carbons (Fsp3) is 0.353. The Kier molecular flexibility index (Phi) is 4.99. The zero-order valence-electron chi connectivity index (χ0n) is 13.3. The lowest BCUT2D eigenvalue weighted by Crippen LogP contribution is -2.35. The fourth-order valence-corrected chi connectivity index (χ4v) is 4.75. The van der Waals surface area contributed by atoms with Gasteiger partial charge in [0.15, 0.2) is 9.84 Å². The van der Waals surface area contributed by atoms with Crippen molar-refractivity contribution in [3.8, 4) is 0 Å². The first-order valence-electron chi connectivity index (χ1n) is 7.67. The molecule has 0 radical (unpaired) electrons. The van der Waals surface area contributed by atoms with E-state index in [9.17, 15) is 13.2 Å². The van der Waals surface area contributed by atoms with Gasteiger partial charge in [0.05, 0.1) is 9.23 Å². The molecular weight excluding hydrogens is 366 g/mol. The van der Waals surface area contributed by atoms with Crippen LogP contribution in [0, 0.1) is 0 Å². The van der Waals surface area contributed by atoms with Gasteiger partial charge in [-0.3, -0.25) is 4.79 Å². The Morgan fingerprint density at radius 2 is 2.00 bits per heavy atom.